The quantitative estimate of drug-likeness (QED) is 0.631. The lowest BCUT2D eigenvalue weighted by molar-refractivity contribution is -0.114. The zero-order chi connectivity index (χ0) is 13.7. The molecule has 1 aliphatic heterocycles. The van der Waals surface area contributed by atoms with E-state index < -0.39 is 0 Å². The molecule has 104 valence electrons. The number of aromatic hydroxyl groups is 1. The van der Waals surface area contributed by atoms with E-state index in [-0.39, 0.29) is 6.10 Å². The molecule has 3 heteroatoms. The van der Waals surface area contributed by atoms with Crippen LogP contribution in [0.3, 0.4) is 0 Å². The molecule has 0 fully saturated rings. The number of phenolic OH excluding ortho intramolecular Hbond substituents is 1. The topological polar surface area (TPSA) is 46.5 Å². The minimum Gasteiger partial charge on any atom is -0.508 e. The first-order valence-electron chi connectivity index (χ1n) is 7.21. The molecule has 3 nitrogen and oxygen atoms in total. The van der Waals surface area contributed by atoms with E-state index >= 15 is 0 Å². The van der Waals surface area contributed by atoms with Crippen molar-refractivity contribution in [3.8, 4) is 11.5 Å². The first-order valence-corrected chi connectivity index (χ1v) is 7.21. The lowest BCUT2D eigenvalue weighted by Gasteiger charge is -2.23. The summed E-state index contributed by atoms with van der Waals surface area (Å²) in [6, 6.07) is 3.71. The maximum Gasteiger partial charge on any atom is 0.160 e. The summed E-state index contributed by atoms with van der Waals surface area (Å²) in [5, 5.41) is 10.0. The number of carbonyl (C=O) groups excluding carboxylic acids is 1. The monoisotopic (exact) mass is 262 g/mol. The summed E-state index contributed by atoms with van der Waals surface area (Å²) in [4.78, 5) is 10.7. The minimum atomic E-state index is -0.359. The van der Waals surface area contributed by atoms with Crippen molar-refractivity contribution in [3.63, 3.8) is 0 Å². The number of aryl methyl sites for hydroxylation is 2. The molecule has 19 heavy (non-hydrogen) atoms. The van der Waals surface area contributed by atoms with Crippen LogP contribution in [0.5, 0.6) is 11.5 Å². The fraction of sp³-hybridized carbons (Fsp3) is 0.562. The predicted molar refractivity (Wildman–Crippen MR) is 74.8 cm³/mol. The smallest absolute Gasteiger partial charge is 0.160 e. The van der Waals surface area contributed by atoms with Gasteiger partial charge in [-0.15, -0.1) is 0 Å². The van der Waals surface area contributed by atoms with Crippen molar-refractivity contribution in [1.29, 1.82) is 0 Å². The van der Waals surface area contributed by atoms with Gasteiger partial charge >= 0.3 is 0 Å². The van der Waals surface area contributed by atoms with Gasteiger partial charge in [0.2, 0.25) is 0 Å². The number of rotatable bonds is 6. The number of aldehydes is 1. The number of fused-ring (bicyclic) bond motifs is 1. The molecule has 0 bridgehead atoms. The largest absolute Gasteiger partial charge is 0.508 e. The summed E-state index contributed by atoms with van der Waals surface area (Å²) in [6.07, 6.45) is 7.75. The van der Waals surface area contributed by atoms with E-state index in [4.69, 9.17) is 4.74 Å². The van der Waals surface area contributed by atoms with E-state index in [1.807, 2.05) is 6.07 Å². The van der Waals surface area contributed by atoms with Crippen molar-refractivity contribution < 1.29 is 14.6 Å². The Kier molecular flexibility index (Phi) is 4.83. The summed E-state index contributed by atoms with van der Waals surface area (Å²) < 4.78 is 5.53. The Balaban J connectivity index is 2.04. The number of ether oxygens (including phenoxy) is 1. The predicted octanol–water partition coefficient (Wildman–Crippen LogP) is 3.41. The Morgan fingerprint density at radius 2 is 2.21 bits per heavy atom. The fourth-order valence-electron chi connectivity index (χ4n) is 2.53. The highest BCUT2D eigenvalue weighted by Gasteiger charge is 2.20. The lowest BCUT2D eigenvalue weighted by atomic mass is 9.97. The third-order valence-corrected chi connectivity index (χ3v) is 3.69. The van der Waals surface area contributed by atoms with Crippen LogP contribution in [0.1, 0.15) is 50.2 Å². The second-order valence-electron chi connectivity index (χ2n) is 5.23. The van der Waals surface area contributed by atoms with E-state index in [0.29, 0.717) is 11.5 Å². The minimum absolute atomic E-state index is 0.293. The van der Waals surface area contributed by atoms with Crippen LogP contribution < -0.4 is 4.74 Å². The average Bonchev–Trinajstić information content (AvgIpc) is 2.43. The first kappa shape index (κ1) is 13.9. The van der Waals surface area contributed by atoms with Gasteiger partial charge in [0.15, 0.2) is 12.4 Å². The Morgan fingerprint density at radius 1 is 1.37 bits per heavy atom. The van der Waals surface area contributed by atoms with Crippen LogP contribution in [0.4, 0.5) is 0 Å². The van der Waals surface area contributed by atoms with Crippen molar-refractivity contribution in [1.82, 2.24) is 0 Å². The normalized spacial score (nSPS) is 17.6. The third kappa shape index (κ3) is 3.49. The van der Waals surface area contributed by atoms with Gasteiger partial charge in [-0.05, 0) is 42.9 Å². The summed E-state index contributed by atoms with van der Waals surface area (Å²) in [5.41, 5.74) is 2.12. The first-order chi connectivity index (χ1) is 9.24. The Hall–Kier alpha value is -1.51. The fourth-order valence-corrected chi connectivity index (χ4v) is 2.53. The summed E-state index contributed by atoms with van der Waals surface area (Å²) in [6.45, 7) is 2.19. The van der Waals surface area contributed by atoms with Crippen LogP contribution >= 0.6 is 0 Å². The molecule has 0 saturated heterocycles. The highest BCUT2D eigenvalue weighted by atomic mass is 16.5. The molecule has 2 rings (SSSR count). The van der Waals surface area contributed by atoms with Gasteiger partial charge in [-0.2, -0.15) is 0 Å². The number of unbranched alkanes of at least 4 members (excludes halogenated alkanes) is 3. The van der Waals surface area contributed by atoms with Crippen LogP contribution in [0.15, 0.2) is 12.1 Å². The molecular weight excluding hydrogens is 240 g/mol. The molecule has 1 aromatic carbocycles. The van der Waals surface area contributed by atoms with Gasteiger partial charge in [-0.25, -0.2) is 0 Å². The molecule has 1 heterocycles. The van der Waals surface area contributed by atoms with Gasteiger partial charge in [0.05, 0.1) is 0 Å². The van der Waals surface area contributed by atoms with Gasteiger partial charge in [0.1, 0.15) is 11.5 Å². The molecule has 0 amide bonds. The molecule has 1 unspecified atom stereocenters. The van der Waals surface area contributed by atoms with E-state index in [1.54, 1.807) is 6.07 Å². The number of benzene rings is 1. The van der Waals surface area contributed by atoms with Gasteiger partial charge in [0, 0.05) is 6.07 Å². The molecule has 0 aromatic heterocycles. The van der Waals surface area contributed by atoms with Crippen molar-refractivity contribution in [2.45, 2.75) is 58.0 Å². The molecule has 0 aliphatic carbocycles. The van der Waals surface area contributed by atoms with Crippen LogP contribution in [-0.2, 0) is 17.6 Å². The number of carbonyl (C=O) groups is 1. The molecule has 0 radical (unpaired) electrons. The highest BCUT2D eigenvalue weighted by molar-refractivity contribution is 5.59. The van der Waals surface area contributed by atoms with Crippen LogP contribution in [0, 0.1) is 0 Å². The molecule has 0 saturated carbocycles. The maximum absolute atomic E-state index is 10.7. The van der Waals surface area contributed by atoms with Crippen molar-refractivity contribution in [2.75, 3.05) is 0 Å². The average molecular weight is 262 g/mol. The number of phenols is 1. The SMILES string of the molecule is CCCCCCc1cc2c(cc1O)OC(C=O)CC2. The van der Waals surface area contributed by atoms with Gasteiger partial charge in [-0.1, -0.05) is 26.2 Å². The zero-order valence-corrected chi connectivity index (χ0v) is 11.5. The van der Waals surface area contributed by atoms with Crippen LogP contribution in [-0.4, -0.2) is 17.5 Å². The molecular formula is C16H22O3. The Morgan fingerprint density at radius 3 is 2.95 bits per heavy atom. The Bertz CT molecular complexity index is 440. The third-order valence-electron chi connectivity index (χ3n) is 3.69. The second-order valence-corrected chi connectivity index (χ2v) is 5.23. The van der Waals surface area contributed by atoms with Gasteiger partial charge in [-0.3, -0.25) is 4.79 Å². The summed E-state index contributed by atoms with van der Waals surface area (Å²) in [7, 11) is 0. The lowest BCUT2D eigenvalue weighted by Crippen LogP contribution is -2.23. The molecule has 1 aliphatic rings. The molecule has 0 spiro atoms. The summed E-state index contributed by atoms with van der Waals surface area (Å²) in [5.74, 6) is 0.958. The van der Waals surface area contributed by atoms with Gasteiger partial charge < -0.3 is 9.84 Å². The van der Waals surface area contributed by atoms with Crippen molar-refractivity contribution >= 4 is 6.29 Å². The number of hydrogen-bond acceptors (Lipinski definition) is 3. The van der Waals surface area contributed by atoms with Crippen molar-refractivity contribution in [3.05, 3.63) is 23.3 Å². The standard InChI is InChI=1S/C16H22O3/c1-2-3-4-5-6-12-9-13-7-8-14(11-17)19-16(13)10-15(12)18/h9-11,14,18H,2-8H2,1H3. The van der Waals surface area contributed by atoms with Crippen LogP contribution in [0.25, 0.3) is 0 Å². The van der Waals surface area contributed by atoms with E-state index in [2.05, 4.69) is 6.92 Å². The van der Waals surface area contributed by atoms with Crippen LogP contribution in [0.2, 0.25) is 0 Å². The van der Waals surface area contributed by atoms with Crippen molar-refractivity contribution in [2.24, 2.45) is 0 Å². The molecule has 1 N–H and O–H groups in total. The molecule has 1 aromatic rings. The van der Waals surface area contributed by atoms with E-state index in [0.717, 1.165) is 43.1 Å². The summed E-state index contributed by atoms with van der Waals surface area (Å²) >= 11 is 0. The Labute approximate surface area is 114 Å². The van der Waals surface area contributed by atoms with E-state index in [9.17, 15) is 9.90 Å². The maximum atomic E-state index is 10.7. The van der Waals surface area contributed by atoms with Gasteiger partial charge in [0.25, 0.3) is 0 Å². The number of hydrogen-bond donors (Lipinski definition) is 1. The highest BCUT2D eigenvalue weighted by Crippen LogP contribution is 2.34. The second kappa shape index (κ2) is 6.60. The van der Waals surface area contributed by atoms with E-state index in [1.165, 1.54) is 19.3 Å². The zero-order valence-electron chi connectivity index (χ0n) is 11.5. The molecule has 1 atom stereocenters.